The number of aryl methyl sites for hydroxylation is 1. The number of rotatable bonds is 4. The van der Waals surface area contributed by atoms with E-state index in [1.165, 1.54) is 0 Å². The maximum atomic E-state index is 11.2. The molecule has 0 unspecified atom stereocenters. The lowest BCUT2D eigenvalue weighted by molar-refractivity contribution is -0.119. The van der Waals surface area contributed by atoms with Crippen LogP contribution in [-0.4, -0.2) is 19.0 Å². The predicted octanol–water partition coefficient (Wildman–Crippen LogP) is 2.31. The highest BCUT2D eigenvalue weighted by Crippen LogP contribution is 2.18. The third-order valence-electron chi connectivity index (χ3n) is 1.87. The van der Waals surface area contributed by atoms with Gasteiger partial charge in [0.05, 0.1) is 6.54 Å². The molecule has 0 saturated heterocycles. The van der Waals surface area contributed by atoms with Crippen molar-refractivity contribution in [1.29, 1.82) is 0 Å². The highest BCUT2D eigenvalue weighted by atomic mass is 79.9. The number of hydrogen-bond acceptors (Lipinski definition) is 2. The zero-order valence-electron chi connectivity index (χ0n) is 8.93. The fraction of sp³-hybridized carbons (Fsp3) is 0.364. The standard InChI is InChI=1S/C11H15BrN2O/c1-3-13-11(15)7-14-10-5-8(2)4-9(12)6-10/h4-6,14H,3,7H2,1-2H3,(H,13,15). The zero-order chi connectivity index (χ0) is 11.3. The van der Waals surface area contributed by atoms with E-state index in [2.05, 4.69) is 26.6 Å². The van der Waals surface area contributed by atoms with E-state index in [1.807, 2.05) is 32.0 Å². The fourth-order valence-corrected chi connectivity index (χ4v) is 1.89. The Balaban J connectivity index is 2.54. The Bertz CT molecular complexity index is 332. The van der Waals surface area contributed by atoms with Crippen LogP contribution < -0.4 is 10.6 Å². The molecule has 1 rings (SSSR count). The topological polar surface area (TPSA) is 41.1 Å². The molecule has 15 heavy (non-hydrogen) atoms. The van der Waals surface area contributed by atoms with E-state index in [4.69, 9.17) is 0 Å². The number of carbonyl (C=O) groups is 1. The van der Waals surface area contributed by atoms with Gasteiger partial charge in [-0.15, -0.1) is 0 Å². The molecule has 0 radical (unpaired) electrons. The van der Waals surface area contributed by atoms with Gasteiger partial charge in [0, 0.05) is 16.7 Å². The third kappa shape index (κ3) is 4.34. The number of amides is 1. The van der Waals surface area contributed by atoms with Crippen molar-refractivity contribution in [3.8, 4) is 0 Å². The van der Waals surface area contributed by atoms with Crippen molar-refractivity contribution >= 4 is 27.5 Å². The van der Waals surface area contributed by atoms with Crippen LogP contribution in [0.5, 0.6) is 0 Å². The van der Waals surface area contributed by atoms with Crippen molar-refractivity contribution in [3.63, 3.8) is 0 Å². The molecule has 4 heteroatoms. The van der Waals surface area contributed by atoms with Gasteiger partial charge in [0.1, 0.15) is 0 Å². The van der Waals surface area contributed by atoms with Crippen molar-refractivity contribution in [3.05, 3.63) is 28.2 Å². The van der Waals surface area contributed by atoms with Crippen molar-refractivity contribution in [2.24, 2.45) is 0 Å². The van der Waals surface area contributed by atoms with Gasteiger partial charge in [-0.3, -0.25) is 4.79 Å². The number of nitrogens with one attached hydrogen (secondary N) is 2. The van der Waals surface area contributed by atoms with Crippen molar-refractivity contribution in [2.75, 3.05) is 18.4 Å². The van der Waals surface area contributed by atoms with E-state index in [0.717, 1.165) is 15.7 Å². The number of anilines is 1. The molecule has 0 spiro atoms. The van der Waals surface area contributed by atoms with Crippen molar-refractivity contribution in [1.82, 2.24) is 5.32 Å². The van der Waals surface area contributed by atoms with Crippen LogP contribution in [0.15, 0.2) is 22.7 Å². The summed E-state index contributed by atoms with van der Waals surface area (Å²) in [6.45, 7) is 4.89. The number of halogens is 1. The summed E-state index contributed by atoms with van der Waals surface area (Å²) in [7, 11) is 0. The highest BCUT2D eigenvalue weighted by molar-refractivity contribution is 9.10. The molecule has 0 aromatic heterocycles. The molecule has 1 aromatic carbocycles. The Labute approximate surface area is 98.4 Å². The average molecular weight is 271 g/mol. The maximum Gasteiger partial charge on any atom is 0.239 e. The first-order chi connectivity index (χ1) is 7.11. The van der Waals surface area contributed by atoms with Crippen LogP contribution in [0, 0.1) is 6.92 Å². The second-order valence-electron chi connectivity index (χ2n) is 3.32. The highest BCUT2D eigenvalue weighted by Gasteiger charge is 2.00. The van der Waals surface area contributed by atoms with Crippen LogP contribution in [0.1, 0.15) is 12.5 Å². The fourth-order valence-electron chi connectivity index (χ4n) is 1.28. The zero-order valence-corrected chi connectivity index (χ0v) is 10.5. The summed E-state index contributed by atoms with van der Waals surface area (Å²) >= 11 is 3.41. The molecule has 0 bridgehead atoms. The minimum atomic E-state index is 0.00938. The molecule has 1 amide bonds. The summed E-state index contributed by atoms with van der Waals surface area (Å²) in [5, 5.41) is 5.80. The van der Waals surface area contributed by atoms with Crippen LogP contribution in [0.2, 0.25) is 0 Å². The van der Waals surface area contributed by atoms with E-state index in [-0.39, 0.29) is 5.91 Å². The largest absolute Gasteiger partial charge is 0.376 e. The molecule has 0 aliphatic rings. The first-order valence-corrected chi connectivity index (χ1v) is 5.69. The van der Waals surface area contributed by atoms with Crippen LogP contribution in [0.25, 0.3) is 0 Å². The summed E-state index contributed by atoms with van der Waals surface area (Å²) in [6, 6.07) is 5.98. The van der Waals surface area contributed by atoms with Crippen LogP contribution >= 0.6 is 15.9 Å². The summed E-state index contributed by atoms with van der Waals surface area (Å²) in [5.74, 6) is 0.00938. The smallest absolute Gasteiger partial charge is 0.239 e. The van der Waals surface area contributed by atoms with Gasteiger partial charge in [-0.2, -0.15) is 0 Å². The van der Waals surface area contributed by atoms with Gasteiger partial charge in [-0.05, 0) is 37.6 Å². The molecule has 0 aliphatic heterocycles. The Kier molecular flexibility index (Phi) is 4.62. The Morgan fingerprint density at radius 2 is 2.13 bits per heavy atom. The lowest BCUT2D eigenvalue weighted by atomic mass is 10.2. The van der Waals surface area contributed by atoms with Gasteiger partial charge < -0.3 is 10.6 Å². The number of carbonyl (C=O) groups excluding carboxylic acids is 1. The monoisotopic (exact) mass is 270 g/mol. The molecule has 2 N–H and O–H groups in total. The maximum absolute atomic E-state index is 11.2. The third-order valence-corrected chi connectivity index (χ3v) is 2.33. The second-order valence-corrected chi connectivity index (χ2v) is 4.24. The second kappa shape index (κ2) is 5.75. The number of benzene rings is 1. The molecule has 82 valence electrons. The van der Waals surface area contributed by atoms with E-state index in [0.29, 0.717) is 13.1 Å². The van der Waals surface area contributed by atoms with Crippen molar-refractivity contribution in [2.45, 2.75) is 13.8 Å². The van der Waals surface area contributed by atoms with E-state index >= 15 is 0 Å². The molecular weight excluding hydrogens is 256 g/mol. The van der Waals surface area contributed by atoms with Gasteiger partial charge in [-0.1, -0.05) is 15.9 Å². The summed E-state index contributed by atoms with van der Waals surface area (Å²) in [5.41, 5.74) is 2.11. The van der Waals surface area contributed by atoms with Crippen LogP contribution in [-0.2, 0) is 4.79 Å². The minimum Gasteiger partial charge on any atom is -0.376 e. The van der Waals surface area contributed by atoms with E-state index in [1.54, 1.807) is 0 Å². The molecule has 3 nitrogen and oxygen atoms in total. The van der Waals surface area contributed by atoms with Gasteiger partial charge in [0.2, 0.25) is 5.91 Å². The van der Waals surface area contributed by atoms with Gasteiger partial charge in [-0.25, -0.2) is 0 Å². The van der Waals surface area contributed by atoms with Crippen LogP contribution in [0.4, 0.5) is 5.69 Å². The lowest BCUT2D eigenvalue weighted by Crippen LogP contribution is -2.29. The van der Waals surface area contributed by atoms with E-state index in [9.17, 15) is 4.79 Å². The van der Waals surface area contributed by atoms with Gasteiger partial charge >= 0.3 is 0 Å². The first kappa shape index (κ1) is 12.0. The molecule has 0 aliphatic carbocycles. The Morgan fingerprint density at radius 3 is 2.73 bits per heavy atom. The first-order valence-electron chi connectivity index (χ1n) is 4.89. The predicted molar refractivity (Wildman–Crippen MR) is 66.1 cm³/mol. The van der Waals surface area contributed by atoms with E-state index < -0.39 is 0 Å². The quantitative estimate of drug-likeness (QED) is 0.882. The minimum absolute atomic E-state index is 0.00938. The summed E-state index contributed by atoms with van der Waals surface area (Å²) < 4.78 is 1.01. The van der Waals surface area contributed by atoms with Crippen LogP contribution in [0.3, 0.4) is 0 Å². The van der Waals surface area contributed by atoms with Gasteiger partial charge in [0.25, 0.3) is 0 Å². The lowest BCUT2D eigenvalue weighted by Gasteiger charge is -2.07. The molecule has 0 heterocycles. The molecule has 1 aromatic rings. The average Bonchev–Trinajstić information content (AvgIpc) is 2.14. The Morgan fingerprint density at radius 1 is 1.40 bits per heavy atom. The number of hydrogen-bond donors (Lipinski definition) is 2. The molecule has 0 atom stereocenters. The van der Waals surface area contributed by atoms with Gasteiger partial charge in [0.15, 0.2) is 0 Å². The molecular formula is C11H15BrN2O. The SMILES string of the molecule is CCNC(=O)CNc1cc(C)cc(Br)c1. The summed E-state index contributed by atoms with van der Waals surface area (Å²) in [4.78, 5) is 11.2. The normalized spacial score (nSPS) is 9.80. The molecule has 0 saturated carbocycles. The summed E-state index contributed by atoms with van der Waals surface area (Å²) in [6.07, 6.45) is 0. The Hall–Kier alpha value is -1.03. The number of likely N-dealkylation sites (N-methyl/N-ethyl adjacent to an activating group) is 1. The van der Waals surface area contributed by atoms with Crippen molar-refractivity contribution < 1.29 is 4.79 Å². The molecule has 0 fully saturated rings.